The van der Waals surface area contributed by atoms with Gasteiger partial charge < -0.3 is 10.0 Å². The zero-order chi connectivity index (χ0) is 14.5. The topological polar surface area (TPSA) is 74.7 Å². The molecular formula is C14H15NO4S. The Morgan fingerprint density at radius 2 is 2.25 bits per heavy atom. The molecule has 2 rings (SSSR count). The number of nitrogens with zero attached hydrogens (tertiary/aromatic N) is 1. The van der Waals surface area contributed by atoms with Crippen molar-refractivity contribution in [1.82, 2.24) is 4.90 Å². The highest BCUT2D eigenvalue weighted by atomic mass is 32.1. The van der Waals surface area contributed by atoms with Crippen molar-refractivity contribution in [2.24, 2.45) is 0 Å². The van der Waals surface area contributed by atoms with Gasteiger partial charge in [0.15, 0.2) is 5.78 Å². The normalized spacial score (nSPS) is 18.6. The molecule has 1 fully saturated rings. The molecule has 0 unspecified atom stereocenters. The van der Waals surface area contributed by atoms with Gasteiger partial charge in [-0.3, -0.25) is 9.59 Å². The molecule has 0 aromatic carbocycles. The zero-order valence-electron chi connectivity index (χ0n) is 10.8. The summed E-state index contributed by atoms with van der Waals surface area (Å²) in [5.41, 5.74) is 0. The maximum absolute atomic E-state index is 11.9. The predicted molar refractivity (Wildman–Crippen MR) is 74.8 cm³/mol. The quantitative estimate of drug-likeness (QED) is 0.665. The van der Waals surface area contributed by atoms with Crippen LogP contribution in [0.3, 0.4) is 0 Å². The van der Waals surface area contributed by atoms with Crippen LogP contribution in [-0.2, 0) is 9.59 Å². The number of aliphatic carboxylic acids is 1. The Hall–Kier alpha value is -1.95. The van der Waals surface area contributed by atoms with E-state index in [2.05, 4.69) is 0 Å². The maximum Gasteiger partial charge on any atom is 0.326 e. The molecule has 1 N–H and O–H groups in total. The van der Waals surface area contributed by atoms with Gasteiger partial charge in [0.25, 0.3) is 0 Å². The Morgan fingerprint density at radius 1 is 1.45 bits per heavy atom. The van der Waals surface area contributed by atoms with E-state index in [4.69, 9.17) is 5.11 Å². The Morgan fingerprint density at radius 3 is 2.90 bits per heavy atom. The van der Waals surface area contributed by atoms with Gasteiger partial charge in [-0.15, -0.1) is 11.3 Å². The van der Waals surface area contributed by atoms with E-state index in [1.165, 1.54) is 28.4 Å². The molecule has 1 atom stereocenters. The van der Waals surface area contributed by atoms with Gasteiger partial charge in [-0.25, -0.2) is 4.79 Å². The van der Waals surface area contributed by atoms with Crippen LogP contribution in [0.2, 0.25) is 0 Å². The van der Waals surface area contributed by atoms with E-state index in [1.807, 2.05) is 5.38 Å². The molecule has 0 saturated carbocycles. The first-order valence-corrected chi connectivity index (χ1v) is 7.24. The molecule has 106 valence electrons. The van der Waals surface area contributed by atoms with E-state index in [0.29, 0.717) is 24.3 Å². The van der Waals surface area contributed by atoms with Crippen LogP contribution in [0, 0.1) is 0 Å². The first kappa shape index (κ1) is 14.5. The van der Waals surface area contributed by atoms with Crippen molar-refractivity contribution in [3.63, 3.8) is 0 Å². The van der Waals surface area contributed by atoms with Crippen molar-refractivity contribution in [1.29, 1.82) is 0 Å². The van der Waals surface area contributed by atoms with E-state index in [-0.39, 0.29) is 18.1 Å². The van der Waals surface area contributed by atoms with Crippen molar-refractivity contribution in [2.45, 2.75) is 25.3 Å². The number of hydrogen-bond acceptors (Lipinski definition) is 4. The van der Waals surface area contributed by atoms with E-state index >= 15 is 0 Å². The summed E-state index contributed by atoms with van der Waals surface area (Å²) in [7, 11) is 0. The van der Waals surface area contributed by atoms with Crippen LogP contribution in [0.1, 0.15) is 28.9 Å². The number of amides is 1. The number of carboxylic acids is 1. The highest BCUT2D eigenvalue weighted by Crippen LogP contribution is 2.18. The summed E-state index contributed by atoms with van der Waals surface area (Å²) in [6.07, 6.45) is 4.14. The fraction of sp³-hybridized carbons (Fsp3) is 0.357. The number of hydrogen-bond donors (Lipinski definition) is 1. The molecule has 0 bridgehead atoms. The SMILES string of the molecule is O=C(C/C=C/C(=O)N1CCC[C@H]1C(=O)O)c1cccs1. The molecule has 5 nitrogen and oxygen atoms in total. The smallest absolute Gasteiger partial charge is 0.326 e. The number of carbonyl (C=O) groups excluding carboxylic acids is 2. The number of carboxylic acid groups (broad SMARTS) is 1. The lowest BCUT2D eigenvalue weighted by Crippen LogP contribution is -2.39. The van der Waals surface area contributed by atoms with Gasteiger partial charge >= 0.3 is 5.97 Å². The third kappa shape index (κ3) is 3.33. The Bertz CT molecular complexity index is 535. The van der Waals surface area contributed by atoms with Crippen molar-refractivity contribution >= 4 is 29.0 Å². The third-order valence-corrected chi connectivity index (χ3v) is 4.09. The Kier molecular flexibility index (Phi) is 4.68. The second-order valence-corrected chi connectivity index (χ2v) is 5.48. The Labute approximate surface area is 120 Å². The minimum absolute atomic E-state index is 0.0414. The third-order valence-electron chi connectivity index (χ3n) is 3.18. The summed E-state index contributed by atoms with van der Waals surface area (Å²) in [6.45, 7) is 0.457. The number of carbonyl (C=O) groups is 3. The molecule has 2 heterocycles. The number of Topliss-reactive ketones (excluding diaryl/α,β-unsaturated/α-hetero) is 1. The molecule has 1 aromatic heterocycles. The van der Waals surface area contributed by atoms with Crippen LogP contribution in [-0.4, -0.2) is 40.3 Å². The fourth-order valence-electron chi connectivity index (χ4n) is 2.19. The second kappa shape index (κ2) is 6.47. The van der Waals surface area contributed by atoms with Gasteiger partial charge in [-0.2, -0.15) is 0 Å². The second-order valence-electron chi connectivity index (χ2n) is 4.53. The molecule has 6 heteroatoms. The summed E-state index contributed by atoms with van der Waals surface area (Å²) < 4.78 is 0. The molecule has 1 aromatic rings. The lowest BCUT2D eigenvalue weighted by atomic mass is 10.2. The van der Waals surface area contributed by atoms with Gasteiger partial charge in [-0.1, -0.05) is 12.1 Å². The minimum Gasteiger partial charge on any atom is -0.480 e. The number of allylic oxidation sites excluding steroid dienone is 1. The molecule has 1 amide bonds. The number of likely N-dealkylation sites (tertiary alicyclic amines) is 1. The van der Waals surface area contributed by atoms with Crippen molar-refractivity contribution in [2.75, 3.05) is 6.54 Å². The number of rotatable bonds is 5. The van der Waals surface area contributed by atoms with Crippen LogP contribution < -0.4 is 0 Å². The van der Waals surface area contributed by atoms with Gasteiger partial charge in [0.2, 0.25) is 5.91 Å². The minimum atomic E-state index is -0.973. The van der Waals surface area contributed by atoms with Crippen LogP contribution in [0.25, 0.3) is 0 Å². The van der Waals surface area contributed by atoms with Crippen LogP contribution >= 0.6 is 11.3 Å². The number of ketones is 1. The first-order valence-electron chi connectivity index (χ1n) is 6.36. The zero-order valence-corrected chi connectivity index (χ0v) is 11.6. The highest BCUT2D eigenvalue weighted by molar-refractivity contribution is 7.12. The lowest BCUT2D eigenvalue weighted by Gasteiger charge is -2.19. The molecule has 20 heavy (non-hydrogen) atoms. The molecule has 1 aliphatic rings. The van der Waals surface area contributed by atoms with Gasteiger partial charge in [-0.05, 0) is 30.4 Å². The molecule has 0 spiro atoms. The fourth-order valence-corrected chi connectivity index (χ4v) is 2.86. The standard InChI is InChI=1S/C14H15NO4S/c16-11(12-6-3-9-20-12)5-1-7-13(17)15-8-2-4-10(15)14(18)19/h1,3,6-7,9-10H,2,4-5,8H2,(H,18,19)/b7-1+/t10-/m0/s1. The summed E-state index contributed by atoms with van der Waals surface area (Å²) in [5, 5.41) is 10.8. The largest absolute Gasteiger partial charge is 0.480 e. The molecule has 0 aliphatic carbocycles. The van der Waals surface area contributed by atoms with E-state index in [9.17, 15) is 14.4 Å². The van der Waals surface area contributed by atoms with Crippen LogP contribution in [0.5, 0.6) is 0 Å². The molecule has 1 saturated heterocycles. The monoisotopic (exact) mass is 293 g/mol. The van der Waals surface area contributed by atoms with Crippen LogP contribution in [0.15, 0.2) is 29.7 Å². The predicted octanol–water partition coefficient (Wildman–Crippen LogP) is 1.95. The number of thiophene rings is 1. The van der Waals surface area contributed by atoms with Crippen molar-refractivity contribution in [3.8, 4) is 0 Å². The van der Waals surface area contributed by atoms with Gasteiger partial charge in [0.05, 0.1) is 4.88 Å². The lowest BCUT2D eigenvalue weighted by molar-refractivity contribution is -0.146. The highest BCUT2D eigenvalue weighted by Gasteiger charge is 2.32. The molecule has 1 aliphatic heterocycles. The first-order chi connectivity index (χ1) is 9.59. The van der Waals surface area contributed by atoms with Crippen LogP contribution in [0.4, 0.5) is 0 Å². The molecular weight excluding hydrogens is 278 g/mol. The van der Waals surface area contributed by atoms with Gasteiger partial charge in [0, 0.05) is 13.0 Å². The average Bonchev–Trinajstić information content (AvgIpc) is 3.09. The van der Waals surface area contributed by atoms with Gasteiger partial charge in [0.1, 0.15) is 6.04 Å². The van der Waals surface area contributed by atoms with Crippen molar-refractivity contribution in [3.05, 3.63) is 34.5 Å². The van der Waals surface area contributed by atoms with Crippen molar-refractivity contribution < 1.29 is 19.5 Å². The van der Waals surface area contributed by atoms with E-state index < -0.39 is 12.0 Å². The summed E-state index contributed by atoms with van der Waals surface area (Å²) >= 11 is 1.36. The Balaban J connectivity index is 1.89. The maximum atomic E-state index is 11.9. The summed E-state index contributed by atoms with van der Waals surface area (Å²) in [5.74, 6) is -1.35. The molecule has 0 radical (unpaired) electrons. The van der Waals surface area contributed by atoms with E-state index in [0.717, 1.165) is 0 Å². The summed E-state index contributed by atoms with van der Waals surface area (Å²) in [6, 6.07) is 2.80. The summed E-state index contributed by atoms with van der Waals surface area (Å²) in [4.78, 5) is 36.6. The van der Waals surface area contributed by atoms with E-state index in [1.54, 1.807) is 12.1 Å². The average molecular weight is 293 g/mol.